The zero-order valence-electron chi connectivity index (χ0n) is 11.8. The van der Waals surface area contributed by atoms with Crippen molar-refractivity contribution >= 4 is 17.6 Å². The SMILES string of the molecule is Cc1ccc(NC(=O)NCC(=O)N2CCCCC2)cc1. The maximum absolute atomic E-state index is 11.9. The molecule has 0 radical (unpaired) electrons. The predicted molar refractivity (Wildman–Crippen MR) is 78.6 cm³/mol. The largest absolute Gasteiger partial charge is 0.341 e. The van der Waals surface area contributed by atoms with Crippen molar-refractivity contribution in [3.05, 3.63) is 29.8 Å². The molecule has 5 heteroatoms. The summed E-state index contributed by atoms with van der Waals surface area (Å²) in [5, 5.41) is 5.31. The standard InChI is InChI=1S/C15H21N3O2/c1-12-5-7-13(8-6-12)17-15(20)16-11-14(19)18-9-3-2-4-10-18/h5-8H,2-4,9-11H2,1H3,(H2,16,17,20). The molecule has 0 aromatic heterocycles. The summed E-state index contributed by atoms with van der Waals surface area (Å²) in [5.74, 6) is -0.0104. The lowest BCUT2D eigenvalue weighted by atomic mass is 10.1. The van der Waals surface area contributed by atoms with Gasteiger partial charge in [-0.3, -0.25) is 4.79 Å². The molecule has 0 atom stereocenters. The van der Waals surface area contributed by atoms with Gasteiger partial charge < -0.3 is 15.5 Å². The molecule has 1 saturated heterocycles. The third-order valence-corrected chi connectivity index (χ3v) is 3.42. The highest BCUT2D eigenvalue weighted by Crippen LogP contribution is 2.09. The molecule has 20 heavy (non-hydrogen) atoms. The molecular formula is C15H21N3O2. The second-order valence-corrected chi connectivity index (χ2v) is 5.12. The fourth-order valence-corrected chi connectivity index (χ4v) is 2.22. The Labute approximate surface area is 119 Å². The van der Waals surface area contributed by atoms with E-state index in [2.05, 4.69) is 10.6 Å². The second kappa shape index (κ2) is 6.93. The molecule has 1 aromatic carbocycles. The van der Waals surface area contributed by atoms with Gasteiger partial charge in [-0.25, -0.2) is 4.79 Å². The second-order valence-electron chi connectivity index (χ2n) is 5.12. The summed E-state index contributed by atoms with van der Waals surface area (Å²) in [6.45, 7) is 3.65. The Hall–Kier alpha value is -2.04. The predicted octanol–water partition coefficient (Wildman–Crippen LogP) is 2.13. The Morgan fingerprint density at radius 3 is 2.40 bits per heavy atom. The van der Waals surface area contributed by atoms with Crippen molar-refractivity contribution in [1.82, 2.24) is 10.2 Å². The molecule has 108 valence electrons. The number of urea groups is 1. The van der Waals surface area contributed by atoms with Crippen LogP contribution in [-0.4, -0.2) is 36.5 Å². The van der Waals surface area contributed by atoms with Crippen LogP contribution in [0, 0.1) is 6.92 Å². The molecule has 5 nitrogen and oxygen atoms in total. The molecule has 2 N–H and O–H groups in total. The summed E-state index contributed by atoms with van der Waals surface area (Å²) in [4.78, 5) is 25.4. The van der Waals surface area contributed by atoms with Gasteiger partial charge in [-0.05, 0) is 38.3 Å². The van der Waals surface area contributed by atoms with Gasteiger partial charge in [-0.1, -0.05) is 17.7 Å². The number of hydrogen-bond donors (Lipinski definition) is 2. The van der Waals surface area contributed by atoms with E-state index in [9.17, 15) is 9.59 Å². The highest BCUT2D eigenvalue weighted by atomic mass is 16.2. The van der Waals surface area contributed by atoms with Crippen molar-refractivity contribution in [3.8, 4) is 0 Å². The number of amides is 3. The molecule has 1 aliphatic heterocycles. The maximum Gasteiger partial charge on any atom is 0.319 e. The summed E-state index contributed by atoms with van der Waals surface area (Å²) in [5.41, 5.74) is 1.86. The molecule has 0 saturated carbocycles. The smallest absolute Gasteiger partial charge is 0.319 e. The minimum absolute atomic E-state index is 0.0104. The van der Waals surface area contributed by atoms with Crippen molar-refractivity contribution < 1.29 is 9.59 Å². The van der Waals surface area contributed by atoms with E-state index in [0.717, 1.165) is 37.2 Å². The fourth-order valence-electron chi connectivity index (χ4n) is 2.22. The maximum atomic E-state index is 11.9. The van der Waals surface area contributed by atoms with Crippen molar-refractivity contribution in [3.63, 3.8) is 0 Å². The van der Waals surface area contributed by atoms with Gasteiger partial charge in [0.15, 0.2) is 0 Å². The number of nitrogens with one attached hydrogen (secondary N) is 2. The lowest BCUT2D eigenvalue weighted by molar-refractivity contribution is -0.130. The minimum atomic E-state index is -0.348. The summed E-state index contributed by atoms with van der Waals surface area (Å²) in [6, 6.07) is 7.17. The lowest BCUT2D eigenvalue weighted by Gasteiger charge is -2.26. The van der Waals surface area contributed by atoms with Crippen LogP contribution in [0.15, 0.2) is 24.3 Å². The third-order valence-electron chi connectivity index (χ3n) is 3.42. The zero-order chi connectivity index (χ0) is 14.4. The highest BCUT2D eigenvalue weighted by Gasteiger charge is 2.16. The number of nitrogens with zero attached hydrogens (tertiary/aromatic N) is 1. The summed E-state index contributed by atoms with van der Waals surface area (Å²) < 4.78 is 0. The van der Waals surface area contributed by atoms with E-state index in [1.165, 1.54) is 6.42 Å². The topological polar surface area (TPSA) is 61.4 Å². The van der Waals surface area contributed by atoms with Crippen LogP contribution in [-0.2, 0) is 4.79 Å². The Morgan fingerprint density at radius 1 is 1.10 bits per heavy atom. The van der Waals surface area contributed by atoms with E-state index in [1.807, 2.05) is 36.1 Å². The van der Waals surface area contributed by atoms with Gasteiger partial charge in [0, 0.05) is 18.8 Å². The molecule has 1 aromatic rings. The number of anilines is 1. The number of likely N-dealkylation sites (tertiary alicyclic amines) is 1. The van der Waals surface area contributed by atoms with Gasteiger partial charge in [0.1, 0.15) is 0 Å². The van der Waals surface area contributed by atoms with Crippen LogP contribution in [0.4, 0.5) is 10.5 Å². The summed E-state index contributed by atoms with van der Waals surface area (Å²) in [7, 11) is 0. The molecule has 0 bridgehead atoms. The molecule has 2 rings (SSSR count). The number of piperidine rings is 1. The van der Waals surface area contributed by atoms with Gasteiger partial charge in [-0.2, -0.15) is 0 Å². The number of rotatable bonds is 3. The van der Waals surface area contributed by atoms with E-state index < -0.39 is 0 Å². The van der Waals surface area contributed by atoms with Crippen molar-refractivity contribution in [2.75, 3.05) is 25.0 Å². The molecule has 1 heterocycles. The van der Waals surface area contributed by atoms with Crippen molar-refractivity contribution in [2.24, 2.45) is 0 Å². The first kappa shape index (κ1) is 14.4. The average Bonchev–Trinajstić information content (AvgIpc) is 2.48. The fraction of sp³-hybridized carbons (Fsp3) is 0.467. The summed E-state index contributed by atoms with van der Waals surface area (Å²) in [6.07, 6.45) is 3.30. The zero-order valence-corrected chi connectivity index (χ0v) is 11.8. The number of hydrogen-bond acceptors (Lipinski definition) is 2. The van der Waals surface area contributed by atoms with Crippen LogP contribution in [0.5, 0.6) is 0 Å². The lowest BCUT2D eigenvalue weighted by Crippen LogP contribution is -2.43. The Kier molecular flexibility index (Phi) is 4.98. The van der Waals surface area contributed by atoms with Gasteiger partial charge >= 0.3 is 6.03 Å². The van der Waals surface area contributed by atoms with Crippen molar-refractivity contribution in [1.29, 1.82) is 0 Å². The number of carbonyl (C=O) groups excluding carboxylic acids is 2. The van der Waals surface area contributed by atoms with E-state index in [4.69, 9.17) is 0 Å². The average molecular weight is 275 g/mol. The van der Waals surface area contributed by atoms with Crippen LogP contribution in [0.25, 0.3) is 0 Å². The molecule has 0 unspecified atom stereocenters. The van der Waals surface area contributed by atoms with Gasteiger partial charge in [-0.15, -0.1) is 0 Å². The first-order valence-corrected chi connectivity index (χ1v) is 7.04. The third kappa shape index (κ3) is 4.26. The summed E-state index contributed by atoms with van der Waals surface area (Å²) >= 11 is 0. The number of benzene rings is 1. The minimum Gasteiger partial charge on any atom is -0.341 e. The number of aryl methyl sites for hydroxylation is 1. The molecule has 3 amide bonds. The number of carbonyl (C=O) groups is 2. The monoisotopic (exact) mass is 275 g/mol. The quantitative estimate of drug-likeness (QED) is 0.887. The normalized spacial score (nSPS) is 14.8. The van der Waals surface area contributed by atoms with E-state index >= 15 is 0 Å². The van der Waals surface area contributed by atoms with Crippen molar-refractivity contribution in [2.45, 2.75) is 26.2 Å². The van der Waals surface area contributed by atoms with E-state index in [1.54, 1.807) is 0 Å². The van der Waals surface area contributed by atoms with Gasteiger partial charge in [0.25, 0.3) is 0 Å². The van der Waals surface area contributed by atoms with Crippen LogP contribution >= 0.6 is 0 Å². The van der Waals surface area contributed by atoms with Gasteiger partial charge in [0.2, 0.25) is 5.91 Å². The van der Waals surface area contributed by atoms with E-state index in [0.29, 0.717) is 0 Å². The molecular weight excluding hydrogens is 254 g/mol. The first-order valence-electron chi connectivity index (χ1n) is 7.04. The Balaban J connectivity index is 1.74. The Bertz CT molecular complexity index is 465. The van der Waals surface area contributed by atoms with Gasteiger partial charge in [0.05, 0.1) is 6.54 Å². The van der Waals surface area contributed by atoms with Crippen LogP contribution in [0.2, 0.25) is 0 Å². The van der Waals surface area contributed by atoms with Crippen LogP contribution < -0.4 is 10.6 Å². The highest BCUT2D eigenvalue weighted by molar-refractivity contribution is 5.92. The molecule has 1 fully saturated rings. The van der Waals surface area contributed by atoms with Crippen LogP contribution in [0.1, 0.15) is 24.8 Å². The first-order chi connectivity index (χ1) is 9.65. The van der Waals surface area contributed by atoms with E-state index in [-0.39, 0.29) is 18.5 Å². The van der Waals surface area contributed by atoms with Crippen LogP contribution in [0.3, 0.4) is 0 Å². The molecule has 0 aliphatic carbocycles. The Morgan fingerprint density at radius 2 is 1.75 bits per heavy atom. The molecule has 0 spiro atoms. The molecule has 1 aliphatic rings.